The Kier molecular flexibility index (Phi) is 59.3. The van der Waals surface area contributed by atoms with Gasteiger partial charge in [-0.05, 0) is 75.7 Å². The molecule has 4 aromatic heterocycles. The maximum atomic E-state index is 7.29. The van der Waals surface area contributed by atoms with E-state index in [-0.39, 0.29) is 0 Å². The van der Waals surface area contributed by atoms with E-state index in [1.54, 1.807) is 0 Å². The van der Waals surface area contributed by atoms with E-state index in [0.29, 0.717) is 52.9 Å². The van der Waals surface area contributed by atoms with E-state index < -0.39 is 0 Å². The summed E-state index contributed by atoms with van der Waals surface area (Å²) in [7, 11) is 0. The largest absolute Gasteiger partial charge is 0.488 e. The summed E-state index contributed by atoms with van der Waals surface area (Å²) in [6, 6.07) is 0. The second-order valence-electron chi connectivity index (χ2n) is 33.6. The van der Waals surface area contributed by atoms with Crippen molar-refractivity contribution in [3.63, 3.8) is 0 Å². The molecule has 0 fully saturated rings. The first kappa shape index (κ1) is 97.6. The van der Waals surface area contributed by atoms with E-state index in [4.69, 9.17) is 37.9 Å². The fourth-order valence-electron chi connectivity index (χ4n) is 15.8. The van der Waals surface area contributed by atoms with Gasteiger partial charge < -0.3 is 57.8 Å². The summed E-state index contributed by atoms with van der Waals surface area (Å²) in [4.78, 5) is 16.1. The monoisotopic (exact) mass is 1560 g/mol. The highest BCUT2D eigenvalue weighted by atomic mass is 16.5. The lowest BCUT2D eigenvalue weighted by atomic mass is 10.1. The molecule has 0 radical (unpaired) electrons. The van der Waals surface area contributed by atoms with Gasteiger partial charge in [-0.15, -0.1) is 0 Å². The number of nitrogens with one attached hydrogen (secondary N) is 4. The summed E-state index contributed by atoms with van der Waals surface area (Å²) >= 11 is 0. The van der Waals surface area contributed by atoms with Crippen LogP contribution in [0.4, 0.5) is 0 Å². The second-order valence-corrected chi connectivity index (χ2v) is 33.6. The molecule has 8 bridgehead atoms. The first-order valence-corrected chi connectivity index (χ1v) is 48.9. The zero-order valence-corrected chi connectivity index (χ0v) is 74.5. The summed E-state index contributed by atoms with van der Waals surface area (Å²) in [6.45, 7) is 23.0. The van der Waals surface area contributed by atoms with Gasteiger partial charge in [-0.1, -0.05) is 415 Å². The number of ether oxygens (including phenoxy) is 8. The summed E-state index contributed by atoms with van der Waals surface area (Å²) in [6.07, 6.45) is 86.9. The van der Waals surface area contributed by atoms with Gasteiger partial charge in [-0.3, -0.25) is 0 Å². The number of hydrogen-bond acceptors (Lipinski definition) is 8. The number of hydrogen-bond donors (Lipinski definition) is 4. The molecular formula is C100H176N4O8. The predicted octanol–water partition coefficient (Wildman–Crippen LogP) is 28.8. The van der Waals surface area contributed by atoms with Crippen LogP contribution in [0.3, 0.4) is 0 Å². The van der Waals surface area contributed by atoms with Crippen LogP contribution in [-0.4, -0.2) is 72.8 Å². The molecule has 1 aliphatic heterocycles. The molecule has 4 N–H and O–H groups in total. The molecule has 0 amide bonds. The van der Waals surface area contributed by atoms with Crippen molar-refractivity contribution in [3.05, 3.63) is 44.2 Å². The number of fused-ring (bicyclic) bond motifs is 8. The van der Waals surface area contributed by atoms with Gasteiger partial charge in [-0.2, -0.15) is 0 Å². The number of unbranched alkanes of at least 4 members (excludes halogenated alkanes) is 56. The molecular weight excluding hydrogens is 1390 g/mol. The smallest absolute Gasteiger partial charge is 0.186 e. The van der Waals surface area contributed by atoms with Gasteiger partial charge >= 0.3 is 0 Å². The van der Waals surface area contributed by atoms with Crippen molar-refractivity contribution in [1.29, 1.82) is 0 Å². The molecule has 644 valence electrons. The van der Waals surface area contributed by atoms with Crippen LogP contribution in [0.5, 0.6) is 46.0 Å². The van der Waals surface area contributed by atoms with Crippen LogP contribution in [0.1, 0.15) is 489 Å². The minimum Gasteiger partial charge on any atom is -0.488 e. The topological polar surface area (TPSA) is 137 Å². The normalized spacial score (nSPS) is 11.9. The fraction of sp³-hybridized carbons (Fsp3) is 0.800. The third-order valence-electron chi connectivity index (χ3n) is 23.0. The van der Waals surface area contributed by atoms with Gasteiger partial charge in [-0.25, -0.2) is 0 Å². The highest BCUT2D eigenvalue weighted by Crippen LogP contribution is 2.41. The number of rotatable bonds is 80. The molecule has 4 aromatic rings. The Bertz CT molecular complexity index is 2700. The van der Waals surface area contributed by atoms with Gasteiger partial charge in [0.1, 0.15) is 0 Å². The van der Waals surface area contributed by atoms with Crippen molar-refractivity contribution in [2.75, 3.05) is 52.9 Å². The molecule has 1 aliphatic rings. The van der Waals surface area contributed by atoms with Crippen molar-refractivity contribution < 1.29 is 37.9 Å². The van der Waals surface area contributed by atoms with E-state index in [1.807, 2.05) is 0 Å². The van der Waals surface area contributed by atoms with Crippen LogP contribution in [0.25, 0.3) is 24.3 Å². The van der Waals surface area contributed by atoms with Gasteiger partial charge in [0.2, 0.25) is 0 Å². The lowest BCUT2D eigenvalue weighted by molar-refractivity contribution is 0.257. The molecule has 0 aliphatic carbocycles. The fourth-order valence-corrected chi connectivity index (χ4v) is 15.8. The standard InChI is InChI=1S/C100H176N4O8/c1-9-17-25-33-41-49-57-65-73-105-93-85-81-87-95(107-75-67-59-51-43-35-27-19-11-3)97(109-77-69-61-53-45-37-29-21-13-5)89(102-87)83-91-99(111-79-71-63-55-47-39-31-23-15-7)100(112-80-72-64-56-48-40-32-24-16-8)92(104-91)84-90-98(110-78-70-62-54-46-38-30-22-14-6)96(108-76-68-60-52-44-36-28-20-12-4)88(103-90)82-86(101-85)94(93)106-74-66-58-50-42-34-26-18-10-2/h81-84,101-104H,9-80H2,1-8H3. The summed E-state index contributed by atoms with van der Waals surface area (Å²) in [5, 5.41) is 3.29. The highest BCUT2D eigenvalue weighted by molar-refractivity contribution is 5.73. The second kappa shape index (κ2) is 68.1. The Balaban J connectivity index is 1.87. The van der Waals surface area contributed by atoms with E-state index in [9.17, 15) is 0 Å². The van der Waals surface area contributed by atoms with Crippen molar-refractivity contribution in [1.82, 2.24) is 19.9 Å². The molecule has 5 rings (SSSR count). The summed E-state index contributed by atoms with van der Waals surface area (Å²) < 4.78 is 58.3. The molecule has 0 unspecified atom stereocenters. The maximum Gasteiger partial charge on any atom is 0.186 e. The average molecular weight is 1560 g/mol. The molecule has 5 heterocycles. The van der Waals surface area contributed by atoms with Crippen molar-refractivity contribution in [2.45, 2.75) is 466 Å². The average Bonchev–Trinajstić information content (AvgIpc) is 1.61. The first-order chi connectivity index (χ1) is 55.5. The van der Waals surface area contributed by atoms with Gasteiger partial charge in [0, 0.05) is 0 Å². The maximum absolute atomic E-state index is 7.29. The van der Waals surface area contributed by atoms with Gasteiger partial charge in [0.25, 0.3) is 0 Å². The molecule has 12 heteroatoms. The van der Waals surface area contributed by atoms with Crippen LogP contribution < -0.4 is 59.3 Å². The SMILES string of the molecule is CCCCCCCCCCOc1c2[nH]c(c1OCCCCCCCCCC)C=c1[nH]c(c(OCCCCCCCCCC)c1OCCCCCCCCCC)=Cc1[nH]c(c(OCCCCCCCCCC)c1OCCCCCCCCCC)C=c1[nH]c(c(OCCCCCCCCCC)c1OCCCCCCCCCC)=C2. The Hall–Kier alpha value is -5.00. The quantitative estimate of drug-likeness (QED) is 0.0283. The van der Waals surface area contributed by atoms with E-state index >= 15 is 0 Å². The van der Waals surface area contributed by atoms with Gasteiger partial charge in [0.15, 0.2) is 46.0 Å². The minimum atomic E-state index is 0.575. The van der Waals surface area contributed by atoms with E-state index in [2.05, 4.69) is 99.6 Å². The molecule has 0 spiro atoms. The van der Waals surface area contributed by atoms with Gasteiger partial charge in [0.05, 0.1) is 97.0 Å². The highest BCUT2D eigenvalue weighted by Gasteiger charge is 2.26. The lowest BCUT2D eigenvalue weighted by Crippen LogP contribution is -2.13. The third kappa shape index (κ3) is 42.7. The van der Waals surface area contributed by atoms with Crippen LogP contribution in [0.15, 0.2) is 0 Å². The minimum absolute atomic E-state index is 0.575. The zero-order valence-electron chi connectivity index (χ0n) is 74.5. The Morgan fingerprint density at radius 2 is 0.259 bits per heavy atom. The summed E-state index contributed by atoms with van der Waals surface area (Å²) in [5.41, 5.74) is 3.29. The lowest BCUT2D eigenvalue weighted by Gasteiger charge is -2.12. The van der Waals surface area contributed by atoms with Crippen molar-refractivity contribution in [3.8, 4) is 46.0 Å². The zero-order chi connectivity index (χ0) is 79.5. The number of aromatic amines is 4. The number of aromatic nitrogens is 4. The van der Waals surface area contributed by atoms with Crippen LogP contribution >= 0.6 is 0 Å². The Labute approximate surface area is 687 Å². The van der Waals surface area contributed by atoms with Crippen LogP contribution in [0, 0.1) is 0 Å². The number of H-pyrrole nitrogens is 4. The van der Waals surface area contributed by atoms with E-state index in [1.165, 1.54) is 308 Å². The Morgan fingerprint density at radius 1 is 0.143 bits per heavy atom. The van der Waals surface area contributed by atoms with Crippen LogP contribution in [0.2, 0.25) is 0 Å². The van der Waals surface area contributed by atoms with Crippen LogP contribution in [-0.2, 0) is 0 Å². The van der Waals surface area contributed by atoms with E-state index in [0.717, 1.165) is 193 Å². The Morgan fingerprint density at radius 3 is 0.393 bits per heavy atom. The molecule has 0 saturated carbocycles. The molecule has 0 atom stereocenters. The molecule has 12 nitrogen and oxygen atoms in total. The van der Waals surface area contributed by atoms with Crippen molar-refractivity contribution >= 4 is 24.3 Å². The molecule has 0 aromatic carbocycles. The molecule has 0 saturated heterocycles. The summed E-state index contributed by atoms with van der Waals surface area (Å²) in [5.74, 6) is 5.80. The molecule has 112 heavy (non-hydrogen) atoms. The predicted molar refractivity (Wildman–Crippen MR) is 481 cm³/mol. The van der Waals surface area contributed by atoms with Crippen molar-refractivity contribution in [2.24, 2.45) is 0 Å². The first-order valence-electron chi connectivity index (χ1n) is 48.9. The third-order valence-corrected chi connectivity index (χ3v) is 23.0.